The van der Waals surface area contributed by atoms with Gasteiger partial charge in [0.25, 0.3) is 5.69 Å². The van der Waals surface area contributed by atoms with Gasteiger partial charge in [-0.1, -0.05) is 18.2 Å². The van der Waals surface area contributed by atoms with Crippen molar-refractivity contribution in [2.45, 2.75) is 12.1 Å². The highest BCUT2D eigenvalue weighted by molar-refractivity contribution is 7.80. The number of nitro benzene ring substituents is 1. The summed E-state index contributed by atoms with van der Waals surface area (Å²) in [6.07, 6.45) is 3.70. The molecule has 0 aliphatic carbocycles. The van der Waals surface area contributed by atoms with Crippen molar-refractivity contribution in [2.75, 3.05) is 12.0 Å². The zero-order valence-corrected chi connectivity index (χ0v) is 19.1. The smallest absolute Gasteiger partial charge is 0.269 e. The number of ether oxygens (including phenoxy) is 1. The average Bonchev–Trinajstić information content (AvgIpc) is 3.48. The topological polar surface area (TPSA) is 85.5 Å². The molecule has 0 amide bonds. The first kappa shape index (κ1) is 21.6. The maximum Gasteiger partial charge on any atom is 0.269 e. The van der Waals surface area contributed by atoms with Crippen LogP contribution in [-0.4, -0.2) is 26.7 Å². The third kappa shape index (κ3) is 3.75. The molecule has 0 bridgehead atoms. The first-order chi connectivity index (χ1) is 16.6. The van der Waals surface area contributed by atoms with Crippen LogP contribution in [0.1, 0.15) is 23.5 Å². The van der Waals surface area contributed by atoms with E-state index >= 15 is 0 Å². The molecule has 170 valence electrons. The van der Waals surface area contributed by atoms with Crippen LogP contribution < -0.4 is 15.0 Å². The Balaban J connectivity index is 1.66. The van der Waals surface area contributed by atoms with E-state index in [1.807, 2.05) is 70.3 Å². The van der Waals surface area contributed by atoms with Crippen LogP contribution in [0.15, 0.2) is 91.3 Å². The molecule has 0 unspecified atom stereocenters. The molecule has 1 N–H and O–H groups in total. The van der Waals surface area contributed by atoms with Gasteiger partial charge < -0.3 is 19.5 Å². The van der Waals surface area contributed by atoms with E-state index in [0.29, 0.717) is 10.9 Å². The second-order valence-corrected chi connectivity index (χ2v) is 8.13. The number of rotatable bonds is 6. The van der Waals surface area contributed by atoms with Gasteiger partial charge in [-0.25, -0.2) is 0 Å². The number of hydrogen-bond donors (Lipinski definition) is 1. The summed E-state index contributed by atoms with van der Waals surface area (Å²) in [6, 6.07) is 23.5. The predicted molar refractivity (Wildman–Crippen MR) is 133 cm³/mol. The van der Waals surface area contributed by atoms with Gasteiger partial charge in [0.1, 0.15) is 11.8 Å². The molecule has 1 aliphatic heterocycles. The van der Waals surface area contributed by atoms with Gasteiger partial charge in [-0.2, -0.15) is 0 Å². The molecule has 0 spiro atoms. The number of methoxy groups -OCH3 is 1. The molecule has 9 heteroatoms. The first-order valence-electron chi connectivity index (χ1n) is 10.6. The third-order valence-electron chi connectivity index (χ3n) is 5.86. The minimum absolute atomic E-state index is 0.0446. The Morgan fingerprint density at radius 2 is 1.79 bits per heavy atom. The summed E-state index contributed by atoms with van der Waals surface area (Å²) in [5, 5.41) is 15.1. The van der Waals surface area contributed by atoms with E-state index in [2.05, 4.69) is 10.3 Å². The van der Waals surface area contributed by atoms with Crippen LogP contribution in [0.3, 0.4) is 0 Å². The molecular formula is C25H21N5O3S. The Morgan fingerprint density at radius 1 is 1.03 bits per heavy atom. The second kappa shape index (κ2) is 8.95. The fraction of sp³-hybridized carbons (Fsp3) is 0.120. The lowest BCUT2D eigenvalue weighted by molar-refractivity contribution is -0.384. The van der Waals surface area contributed by atoms with Crippen molar-refractivity contribution >= 4 is 28.7 Å². The van der Waals surface area contributed by atoms with Gasteiger partial charge in [0, 0.05) is 35.9 Å². The second-order valence-electron chi connectivity index (χ2n) is 7.75. The van der Waals surface area contributed by atoms with Gasteiger partial charge in [-0.15, -0.1) is 0 Å². The van der Waals surface area contributed by atoms with Crippen molar-refractivity contribution in [1.82, 2.24) is 14.9 Å². The lowest BCUT2D eigenvalue weighted by atomic mass is 10.0. The number of non-ortho nitro benzene ring substituents is 1. The molecule has 0 saturated carbocycles. The van der Waals surface area contributed by atoms with Crippen molar-refractivity contribution in [2.24, 2.45) is 0 Å². The maximum absolute atomic E-state index is 11.1. The van der Waals surface area contributed by atoms with Crippen molar-refractivity contribution < 1.29 is 9.66 Å². The number of thiocarbonyl (C=S) groups is 1. The highest BCUT2D eigenvalue weighted by Crippen LogP contribution is 2.44. The van der Waals surface area contributed by atoms with Crippen LogP contribution in [0, 0.1) is 10.1 Å². The molecule has 3 heterocycles. The zero-order valence-electron chi connectivity index (χ0n) is 18.2. The molecule has 4 aromatic rings. The number of para-hydroxylation sites is 2. The minimum atomic E-state index is -0.403. The van der Waals surface area contributed by atoms with Crippen LogP contribution in [0.5, 0.6) is 5.75 Å². The number of pyridine rings is 1. The summed E-state index contributed by atoms with van der Waals surface area (Å²) >= 11 is 5.81. The average molecular weight is 472 g/mol. The number of nitrogens with one attached hydrogen (secondary N) is 1. The lowest BCUT2D eigenvalue weighted by Gasteiger charge is -2.29. The fourth-order valence-electron chi connectivity index (χ4n) is 4.35. The van der Waals surface area contributed by atoms with Gasteiger partial charge in [0.05, 0.1) is 29.5 Å². The van der Waals surface area contributed by atoms with Gasteiger partial charge in [-0.05, 0) is 60.7 Å². The molecule has 1 fully saturated rings. The fourth-order valence-corrected chi connectivity index (χ4v) is 4.69. The minimum Gasteiger partial charge on any atom is -0.495 e. The van der Waals surface area contributed by atoms with Crippen molar-refractivity contribution in [1.29, 1.82) is 0 Å². The lowest BCUT2D eigenvalue weighted by Crippen LogP contribution is -2.30. The molecule has 2 atom stereocenters. The molecule has 1 saturated heterocycles. The Kier molecular flexibility index (Phi) is 5.69. The van der Waals surface area contributed by atoms with Crippen LogP contribution in [0.25, 0.3) is 5.69 Å². The zero-order chi connectivity index (χ0) is 23.7. The summed E-state index contributed by atoms with van der Waals surface area (Å²) < 4.78 is 7.66. The van der Waals surface area contributed by atoms with Crippen molar-refractivity contribution in [3.63, 3.8) is 0 Å². The molecule has 1 aliphatic rings. The molecule has 5 rings (SSSR count). The van der Waals surface area contributed by atoms with Crippen molar-refractivity contribution in [3.8, 4) is 11.4 Å². The van der Waals surface area contributed by atoms with Gasteiger partial charge in [0.2, 0.25) is 0 Å². The summed E-state index contributed by atoms with van der Waals surface area (Å²) in [5.74, 6) is 0.701. The van der Waals surface area contributed by atoms with Crippen LogP contribution >= 0.6 is 12.2 Å². The van der Waals surface area contributed by atoms with E-state index < -0.39 is 4.92 Å². The van der Waals surface area contributed by atoms with Gasteiger partial charge in [-0.3, -0.25) is 15.1 Å². The van der Waals surface area contributed by atoms with Crippen molar-refractivity contribution in [3.05, 3.63) is 113 Å². The van der Waals surface area contributed by atoms with E-state index in [4.69, 9.17) is 17.0 Å². The Hall–Kier alpha value is -4.24. The van der Waals surface area contributed by atoms with E-state index in [-0.39, 0.29) is 17.8 Å². The summed E-state index contributed by atoms with van der Waals surface area (Å²) in [4.78, 5) is 17.4. The van der Waals surface area contributed by atoms with E-state index in [1.54, 1.807) is 25.4 Å². The normalized spacial score (nSPS) is 17.4. The summed E-state index contributed by atoms with van der Waals surface area (Å²) in [5.41, 5.74) is 3.49. The molecule has 2 aromatic carbocycles. The number of aromatic nitrogens is 2. The first-order valence-corrected chi connectivity index (χ1v) is 11.0. The number of anilines is 1. The van der Waals surface area contributed by atoms with E-state index in [1.165, 1.54) is 12.1 Å². The predicted octanol–water partition coefficient (Wildman–Crippen LogP) is 4.97. The molecule has 8 nitrogen and oxygen atoms in total. The molecule has 0 radical (unpaired) electrons. The van der Waals surface area contributed by atoms with E-state index in [9.17, 15) is 10.1 Å². The Morgan fingerprint density at radius 3 is 2.50 bits per heavy atom. The quantitative estimate of drug-likeness (QED) is 0.241. The van der Waals surface area contributed by atoms with Crippen LogP contribution in [-0.2, 0) is 0 Å². The number of nitrogens with zero attached hydrogens (tertiary/aromatic N) is 4. The molecule has 34 heavy (non-hydrogen) atoms. The van der Waals surface area contributed by atoms with Crippen LogP contribution in [0.4, 0.5) is 11.4 Å². The Labute approximate surface area is 201 Å². The third-order valence-corrected chi connectivity index (χ3v) is 6.18. The molecule has 2 aromatic heterocycles. The van der Waals surface area contributed by atoms with Crippen LogP contribution in [0.2, 0.25) is 0 Å². The monoisotopic (exact) mass is 471 g/mol. The number of benzene rings is 2. The largest absolute Gasteiger partial charge is 0.495 e. The highest BCUT2D eigenvalue weighted by Gasteiger charge is 2.43. The number of nitro groups is 1. The van der Waals surface area contributed by atoms with Gasteiger partial charge >= 0.3 is 0 Å². The summed E-state index contributed by atoms with van der Waals surface area (Å²) in [6.45, 7) is 0. The SMILES string of the molecule is COc1ccccc1N1C(=S)N[C@@H](c2ccccn2)[C@@H]1c1cccn1-c1ccc([N+](=O)[O-])cc1. The van der Waals surface area contributed by atoms with E-state index in [0.717, 1.165) is 22.8 Å². The molecular weight excluding hydrogens is 450 g/mol. The maximum atomic E-state index is 11.1. The summed E-state index contributed by atoms with van der Waals surface area (Å²) in [7, 11) is 1.64. The number of hydrogen-bond acceptors (Lipinski definition) is 5. The standard InChI is InChI=1S/C25H21N5O3S/c1-33-22-10-3-2-8-20(22)29-24(23(27-25(29)34)19-7-4-5-15-26-19)21-9-6-16-28(21)17-11-13-18(14-12-17)30(31)32/h2-16,23-24H,1H3,(H,27,34)/t23-,24-/m0/s1. The Bertz CT molecular complexity index is 1340. The highest BCUT2D eigenvalue weighted by atomic mass is 32.1. The van der Waals surface area contributed by atoms with Gasteiger partial charge in [0.15, 0.2) is 5.11 Å².